The van der Waals surface area contributed by atoms with Crippen LogP contribution in [0.3, 0.4) is 0 Å². The van der Waals surface area contributed by atoms with Crippen molar-refractivity contribution in [3.8, 4) is 0 Å². The van der Waals surface area contributed by atoms with Gasteiger partial charge in [-0.15, -0.1) is 0 Å². The number of aromatic nitrogens is 1. The Labute approximate surface area is 168 Å². The highest BCUT2D eigenvalue weighted by molar-refractivity contribution is 5.75. The molecule has 3 aliphatic rings. The molecule has 1 N–H and O–H groups in total. The molecule has 2 aliphatic heterocycles. The number of hydrogen-bond acceptors (Lipinski definition) is 5. The van der Waals surface area contributed by atoms with Gasteiger partial charge in [0.2, 0.25) is 0 Å². The number of hydrogen-bond donors (Lipinski definition) is 1. The fourth-order valence-corrected chi connectivity index (χ4v) is 4.07. The van der Waals surface area contributed by atoms with Gasteiger partial charge < -0.3 is 24.8 Å². The average Bonchev–Trinajstić information content (AvgIpc) is 3.46. The predicted octanol–water partition coefficient (Wildman–Crippen LogP) is 1.93. The predicted molar refractivity (Wildman–Crippen MR) is 109 cm³/mol. The number of nitrogens with one attached hydrogen (secondary N) is 1. The fraction of sp³-hybridized carbons (Fsp3) is 0.714. The monoisotopic (exact) mass is 387 g/mol. The molecule has 154 valence electrons. The SMILES string of the molecule is CCN1CCN(c2ccc(CNC(=O)N(CC3CCOC3)C3CC3)cn2)CC1. The Bertz CT molecular complexity index is 635. The van der Waals surface area contributed by atoms with Crippen LogP contribution < -0.4 is 10.2 Å². The van der Waals surface area contributed by atoms with E-state index >= 15 is 0 Å². The van der Waals surface area contributed by atoms with Crippen LogP contribution in [-0.2, 0) is 11.3 Å². The number of likely N-dealkylation sites (N-methyl/N-ethyl adjacent to an activating group) is 1. The summed E-state index contributed by atoms with van der Waals surface area (Å²) in [5.41, 5.74) is 1.05. The van der Waals surface area contributed by atoms with Gasteiger partial charge in [0.1, 0.15) is 5.82 Å². The summed E-state index contributed by atoms with van der Waals surface area (Å²) in [6.45, 7) is 10.5. The molecule has 7 nitrogen and oxygen atoms in total. The number of carbonyl (C=O) groups is 1. The van der Waals surface area contributed by atoms with E-state index in [2.05, 4.69) is 39.2 Å². The summed E-state index contributed by atoms with van der Waals surface area (Å²) in [7, 11) is 0. The van der Waals surface area contributed by atoms with Crippen LogP contribution in [0.5, 0.6) is 0 Å². The molecule has 0 radical (unpaired) electrons. The molecular formula is C21H33N5O2. The van der Waals surface area contributed by atoms with Crippen LogP contribution in [0.25, 0.3) is 0 Å². The molecule has 2 amide bonds. The van der Waals surface area contributed by atoms with Crippen molar-refractivity contribution < 1.29 is 9.53 Å². The maximum absolute atomic E-state index is 12.7. The zero-order valence-electron chi connectivity index (χ0n) is 17.0. The zero-order valence-corrected chi connectivity index (χ0v) is 17.0. The molecule has 1 atom stereocenters. The number of urea groups is 1. The van der Waals surface area contributed by atoms with Crippen molar-refractivity contribution in [3.63, 3.8) is 0 Å². The number of rotatable bonds is 7. The number of ether oxygens (including phenoxy) is 1. The molecule has 1 saturated carbocycles. The number of carbonyl (C=O) groups excluding carboxylic acids is 1. The van der Waals surface area contributed by atoms with Crippen molar-refractivity contribution in [1.82, 2.24) is 20.1 Å². The molecule has 1 aliphatic carbocycles. The quantitative estimate of drug-likeness (QED) is 0.775. The van der Waals surface area contributed by atoms with Gasteiger partial charge in [-0.25, -0.2) is 9.78 Å². The van der Waals surface area contributed by atoms with Crippen molar-refractivity contribution in [3.05, 3.63) is 23.9 Å². The Balaban J connectivity index is 1.26. The van der Waals surface area contributed by atoms with E-state index in [1.54, 1.807) is 0 Å². The molecule has 1 aromatic heterocycles. The summed E-state index contributed by atoms with van der Waals surface area (Å²) in [4.78, 5) is 24.2. The molecule has 28 heavy (non-hydrogen) atoms. The number of anilines is 1. The Kier molecular flexibility index (Phi) is 6.32. The summed E-state index contributed by atoms with van der Waals surface area (Å²) >= 11 is 0. The third kappa shape index (κ3) is 4.94. The average molecular weight is 388 g/mol. The summed E-state index contributed by atoms with van der Waals surface area (Å²) in [6.07, 6.45) is 5.22. The van der Waals surface area contributed by atoms with E-state index in [0.29, 0.717) is 18.5 Å². The van der Waals surface area contributed by atoms with E-state index in [0.717, 1.165) is 83.1 Å². The number of pyridine rings is 1. The molecule has 1 aromatic rings. The minimum Gasteiger partial charge on any atom is -0.381 e. The molecule has 0 spiro atoms. The minimum atomic E-state index is 0.0502. The van der Waals surface area contributed by atoms with Gasteiger partial charge >= 0.3 is 6.03 Å². The molecule has 0 aromatic carbocycles. The van der Waals surface area contributed by atoms with E-state index < -0.39 is 0 Å². The van der Waals surface area contributed by atoms with Crippen LogP contribution in [0.2, 0.25) is 0 Å². The first-order chi connectivity index (χ1) is 13.7. The Hall–Kier alpha value is -1.86. The summed E-state index contributed by atoms with van der Waals surface area (Å²) in [5, 5.41) is 3.09. The van der Waals surface area contributed by atoms with Crippen molar-refractivity contribution >= 4 is 11.8 Å². The van der Waals surface area contributed by atoms with Crippen LogP contribution in [0.15, 0.2) is 18.3 Å². The van der Waals surface area contributed by atoms with Crippen LogP contribution >= 0.6 is 0 Å². The topological polar surface area (TPSA) is 60.9 Å². The first-order valence-corrected chi connectivity index (χ1v) is 10.8. The van der Waals surface area contributed by atoms with Gasteiger partial charge in [0.05, 0.1) is 6.61 Å². The molecule has 7 heteroatoms. The van der Waals surface area contributed by atoms with Gasteiger partial charge in [0.25, 0.3) is 0 Å². The van der Waals surface area contributed by atoms with Gasteiger partial charge in [0.15, 0.2) is 0 Å². The van der Waals surface area contributed by atoms with Crippen molar-refractivity contribution in [1.29, 1.82) is 0 Å². The highest BCUT2D eigenvalue weighted by atomic mass is 16.5. The lowest BCUT2D eigenvalue weighted by Crippen LogP contribution is -2.46. The van der Waals surface area contributed by atoms with E-state index in [9.17, 15) is 4.79 Å². The normalized spacial score (nSPS) is 23.0. The minimum absolute atomic E-state index is 0.0502. The summed E-state index contributed by atoms with van der Waals surface area (Å²) in [6, 6.07) is 4.63. The van der Waals surface area contributed by atoms with E-state index in [1.165, 1.54) is 0 Å². The maximum Gasteiger partial charge on any atom is 0.317 e. The first kappa shape index (κ1) is 19.5. The standard InChI is InChI=1S/C21H33N5O2/c1-2-24-8-10-25(11-9-24)20-6-3-17(13-22-20)14-23-21(27)26(19-4-5-19)15-18-7-12-28-16-18/h3,6,13,18-19H,2,4-5,7-12,14-16H2,1H3,(H,23,27). The van der Waals surface area contributed by atoms with Crippen molar-refractivity contribution in [2.24, 2.45) is 5.92 Å². The fourth-order valence-electron chi connectivity index (χ4n) is 4.07. The highest BCUT2D eigenvalue weighted by Crippen LogP contribution is 2.29. The van der Waals surface area contributed by atoms with E-state index in [1.807, 2.05) is 11.1 Å². The number of piperazine rings is 1. The molecule has 0 bridgehead atoms. The van der Waals surface area contributed by atoms with E-state index in [4.69, 9.17) is 4.74 Å². The Morgan fingerprint density at radius 1 is 1.25 bits per heavy atom. The molecule has 2 saturated heterocycles. The molecule has 3 heterocycles. The van der Waals surface area contributed by atoms with Crippen LogP contribution in [-0.4, -0.2) is 79.3 Å². The Morgan fingerprint density at radius 2 is 2.07 bits per heavy atom. The molecule has 3 fully saturated rings. The zero-order chi connectivity index (χ0) is 19.3. The van der Waals surface area contributed by atoms with Crippen LogP contribution in [0.4, 0.5) is 10.6 Å². The van der Waals surface area contributed by atoms with Gasteiger partial charge in [-0.2, -0.15) is 0 Å². The van der Waals surface area contributed by atoms with Gasteiger partial charge in [-0.3, -0.25) is 0 Å². The summed E-state index contributed by atoms with van der Waals surface area (Å²) < 4.78 is 5.47. The van der Waals surface area contributed by atoms with Gasteiger partial charge in [0, 0.05) is 64.0 Å². The maximum atomic E-state index is 12.7. The van der Waals surface area contributed by atoms with Crippen LogP contribution in [0.1, 0.15) is 31.7 Å². The van der Waals surface area contributed by atoms with Gasteiger partial charge in [-0.05, 0) is 37.4 Å². The smallest absolute Gasteiger partial charge is 0.317 e. The highest BCUT2D eigenvalue weighted by Gasteiger charge is 2.34. The first-order valence-electron chi connectivity index (χ1n) is 10.8. The van der Waals surface area contributed by atoms with Crippen molar-refractivity contribution in [2.45, 2.75) is 38.8 Å². The summed E-state index contributed by atoms with van der Waals surface area (Å²) in [5.74, 6) is 1.52. The lowest BCUT2D eigenvalue weighted by molar-refractivity contribution is 0.162. The second-order valence-electron chi connectivity index (χ2n) is 8.22. The Morgan fingerprint density at radius 3 is 2.68 bits per heavy atom. The second kappa shape index (κ2) is 9.09. The van der Waals surface area contributed by atoms with Crippen LogP contribution in [0, 0.1) is 5.92 Å². The van der Waals surface area contributed by atoms with Gasteiger partial charge in [-0.1, -0.05) is 13.0 Å². The largest absolute Gasteiger partial charge is 0.381 e. The van der Waals surface area contributed by atoms with E-state index in [-0.39, 0.29) is 6.03 Å². The lowest BCUT2D eigenvalue weighted by Gasteiger charge is -2.34. The van der Waals surface area contributed by atoms with Crippen molar-refractivity contribution in [2.75, 3.05) is 57.4 Å². The molecular weight excluding hydrogens is 354 g/mol. The lowest BCUT2D eigenvalue weighted by atomic mass is 10.1. The number of amides is 2. The number of nitrogens with zero attached hydrogens (tertiary/aromatic N) is 4. The second-order valence-corrected chi connectivity index (χ2v) is 8.22. The molecule has 4 rings (SSSR count). The third-order valence-electron chi connectivity index (χ3n) is 6.12. The third-order valence-corrected chi connectivity index (χ3v) is 6.12. The molecule has 1 unspecified atom stereocenters.